The van der Waals surface area contributed by atoms with Crippen LogP contribution in [0.25, 0.3) is 0 Å². The normalized spacial score (nSPS) is 15.3. The second kappa shape index (κ2) is 45.5. The van der Waals surface area contributed by atoms with E-state index in [2.05, 4.69) is 180 Å². The maximum absolute atomic E-state index is 11.6. The SMILES string of the molecule is CCOCOc1c(Cc2ccccc2OCC(O)COc2c(Br)cc(C(C)(C)c3cc(Br)c(OCC(O)COc4ccccc4Cc4cccc(Cc5cccc(Cc6ccccc6OCC6CO6)c5OCC(O)COc5c(Br)cc(Br)cc5Br)c4OCC4CO4)c(Br)c3)cc2Br)cccc1Cc1cccc(Cc2ccccc2OCC2CO2)c1OCOCC. The fraction of sp³-hybridized carbons (Fsp3) is 0.333. The van der Waals surface area contributed by atoms with Gasteiger partial charge in [0.15, 0.2) is 13.6 Å². The largest absolute Gasteiger partial charge is 0.490 e. The van der Waals surface area contributed by atoms with E-state index < -0.39 is 23.7 Å². The highest BCUT2D eigenvalue weighted by atomic mass is 79.9. The van der Waals surface area contributed by atoms with Gasteiger partial charge in [-0.1, -0.05) is 175 Å². The summed E-state index contributed by atoms with van der Waals surface area (Å²) < 4.78 is 104. The maximum Gasteiger partial charge on any atom is 0.189 e. The fourth-order valence-electron chi connectivity index (χ4n) is 14.4. The van der Waals surface area contributed by atoms with Crippen molar-refractivity contribution < 1.29 is 91.1 Å². The third kappa shape index (κ3) is 26.3. The van der Waals surface area contributed by atoms with Gasteiger partial charge in [-0.05, 0) is 248 Å². The van der Waals surface area contributed by atoms with Crippen molar-refractivity contribution in [3.8, 4) is 63.2 Å². The summed E-state index contributed by atoms with van der Waals surface area (Å²) in [6.45, 7) is 12.3. The third-order valence-electron chi connectivity index (χ3n) is 21.3. The lowest BCUT2D eigenvalue weighted by Crippen LogP contribution is -2.26. The molecule has 0 aliphatic carbocycles. The van der Waals surface area contributed by atoms with Gasteiger partial charge in [0.2, 0.25) is 0 Å². The van der Waals surface area contributed by atoms with Crippen molar-refractivity contribution >= 4 is 112 Å². The molecule has 658 valence electrons. The van der Waals surface area contributed by atoms with E-state index in [1.54, 1.807) is 0 Å². The second-order valence-electron chi connectivity index (χ2n) is 31.1. The van der Waals surface area contributed by atoms with E-state index in [0.29, 0.717) is 150 Å². The summed E-state index contributed by atoms with van der Waals surface area (Å²) in [6.07, 6.45) is 0.0813. The zero-order valence-electron chi connectivity index (χ0n) is 69.7. The Bertz CT molecular complexity index is 5380. The standard InChI is InChI=1S/C99H99Br7O19/c1-5-110-59-124-94-67(25-17-29-71(94)40-72-30-18-26-68(95(72)125-60-111-6-2)38-64-22-10-14-34-91(64)118-57-80-54-113-80)37-62-20-8-12-32-89(62)116-48-77(108)51-121-97-84(103)43-74(44-85(97)104)99(3,4)73-41-82(101)96(83(102)42-73)120-50-76(107)47-115-88-31-11-7-19-61(88)35-66-24-16-28-70(93(66)123-58-81-55-114-81)39-69-27-15-23-65(36-63-21-9-13-33-90(63)117-56-79-53-112-79)92(69)119-49-78(109)52-122-98-86(105)45-75(100)46-87(98)106/h7-34,41-46,76-81,107-109H,5-6,35-40,47-60H2,1-4H3. The first-order chi connectivity index (χ1) is 60.7. The molecular formula is C99H99Br7O19. The Balaban J connectivity index is 0.593. The van der Waals surface area contributed by atoms with Crippen LogP contribution < -0.4 is 52.1 Å². The highest BCUT2D eigenvalue weighted by Gasteiger charge is 2.32. The summed E-state index contributed by atoms with van der Waals surface area (Å²) in [5.41, 5.74) is 12.7. The highest BCUT2D eigenvalue weighted by Crippen LogP contribution is 2.47. The van der Waals surface area contributed by atoms with E-state index in [0.717, 1.165) is 114 Å². The Kier molecular flexibility index (Phi) is 34.0. The van der Waals surface area contributed by atoms with Gasteiger partial charge in [0.05, 0.1) is 46.7 Å². The first-order valence-electron chi connectivity index (χ1n) is 41.6. The molecule has 19 nitrogen and oxygen atoms in total. The van der Waals surface area contributed by atoms with E-state index in [4.69, 9.17) is 75.8 Å². The molecule has 0 bridgehead atoms. The van der Waals surface area contributed by atoms with E-state index in [-0.39, 0.29) is 71.5 Å². The van der Waals surface area contributed by atoms with E-state index in [1.165, 1.54) is 0 Å². The average Bonchev–Trinajstić information content (AvgIpc) is 1.66. The molecule has 11 aromatic carbocycles. The van der Waals surface area contributed by atoms with E-state index >= 15 is 0 Å². The molecule has 3 N–H and O–H groups in total. The van der Waals surface area contributed by atoms with Crippen molar-refractivity contribution in [2.45, 2.75) is 108 Å². The van der Waals surface area contributed by atoms with Crippen molar-refractivity contribution in [2.75, 3.05) is 106 Å². The van der Waals surface area contributed by atoms with Crippen molar-refractivity contribution in [1.29, 1.82) is 0 Å². The smallest absolute Gasteiger partial charge is 0.189 e. The van der Waals surface area contributed by atoms with Gasteiger partial charge in [-0.2, -0.15) is 0 Å². The number of benzene rings is 11. The molecule has 6 unspecified atom stereocenters. The number of halogens is 7. The van der Waals surface area contributed by atoms with E-state index in [9.17, 15) is 15.3 Å². The molecule has 3 heterocycles. The van der Waals surface area contributed by atoms with Gasteiger partial charge in [0.1, 0.15) is 159 Å². The lowest BCUT2D eigenvalue weighted by atomic mass is 9.78. The van der Waals surface area contributed by atoms with Crippen LogP contribution in [0.4, 0.5) is 0 Å². The van der Waals surface area contributed by atoms with Gasteiger partial charge in [-0.15, -0.1) is 0 Å². The van der Waals surface area contributed by atoms with Gasteiger partial charge in [0.25, 0.3) is 0 Å². The zero-order valence-corrected chi connectivity index (χ0v) is 80.8. The molecule has 0 saturated carbocycles. The minimum absolute atomic E-state index is 0.0227. The van der Waals surface area contributed by atoms with Crippen LogP contribution in [-0.4, -0.2) is 158 Å². The van der Waals surface area contributed by atoms with Crippen LogP contribution in [0, 0.1) is 0 Å². The molecule has 125 heavy (non-hydrogen) atoms. The first kappa shape index (κ1) is 93.4. The van der Waals surface area contributed by atoms with Gasteiger partial charge in [-0.3, -0.25) is 0 Å². The summed E-state index contributed by atoms with van der Waals surface area (Å²) >= 11 is 25.9. The van der Waals surface area contributed by atoms with Gasteiger partial charge >= 0.3 is 0 Å². The molecule has 3 aliphatic heterocycles. The van der Waals surface area contributed by atoms with Crippen molar-refractivity contribution in [3.05, 3.63) is 315 Å². The predicted octanol–water partition coefficient (Wildman–Crippen LogP) is 21.4. The Morgan fingerprint density at radius 2 is 0.528 bits per heavy atom. The minimum Gasteiger partial charge on any atom is -0.490 e. The van der Waals surface area contributed by atoms with Crippen LogP contribution in [0.3, 0.4) is 0 Å². The van der Waals surface area contributed by atoms with Crippen molar-refractivity contribution in [1.82, 2.24) is 0 Å². The molecule has 0 amide bonds. The molecule has 3 fully saturated rings. The summed E-state index contributed by atoms with van der Waals surface area (Å²) in [4.78, 5) is 0. The number of aliphatic hydroxyl groups excluding tert-OH is 3. The molecule has 0 spiro atoms. The predicted molar refractivity (Wildman–Crippen MR) is 505 cm³/mol. The molecule has 14 rings (SSSR count). The lowest BCUT2D eigenvalue weighted by Gasteiger charge is -2.28. The molecular weight excluding hydrogens is 2050 g/mol. The molecule has 3 saturated heterocycles. The van der Waals surface area contributed by atoms with Crippen molar-refractivity contribution in [2.24, 2.45) is 0 Å². The number of ether oxygens (including phenoxy) is 16. The summed E-state index contributed by atoms with van der Waals surface area (Å²) in [7, 11) is 0. The highest BCUT2D eigenvalue weighted by molar-refractivity contribution is 9.12. The number of aliphatic hydroxyl groups is 3. The monoisotopic (exact) mass is 2140 g/mol. The van der Waals surface area contributed by atoms with Gasteiger partial charge < -0.3 is 91.1 Å². The first-order valence-corrected chi connectivity index (χ1v) is 47.1. The number of rotatable bonds is 49. The topological polar surface area (TPSA) is 218 Å². The fourth-order valence-corrected chi connectivity index (χ4v) is 19.7. The number of epoxide rings is 3. The minimum atomic E-state index is -1.02. The van der Waals surface area contributed by atoms with Crippen LogP contribution in [0.15, 0.2) is 238 Å². The Morgan fingerprint density at radius 3 is 0.824 bits per heavy atom. The molecule has 26 heteroatoms. The summed E-state index contributed by atoms with van der Waals surface area (Å²) in [5.74, 6) is 7.21. The Labute approximate surface area is 788 Å². The molecule has 0 radical (unpaired) electrons. The van der Waals surface area contributed by atoms with Gasteiger partial charge in [-0.25, -0.2) is 0 Å². The quantitative estimate of drug-likeness (QED) is 0.0183. The van der Waals surface area contributed by atoms with Gasteiger partial charge in [0, 0.05) is 61.6 Å². The molecule has 3 aliphatic rings. The van der Waals surface area contributed by atoms with E-state index in [1.807, 2.05) is 166 Å². The maximum atomic E-state index is 11.6. The van der Waals surface area contributed by atoms with Crippen LogP contribution in [0.1, 0.15) is 106 Å². The number of hydrogen-bond acceptors (Lipinski definition) is 19. The molecule has 11 aromatic rings. The second-order valence-corrected chi connectivity index (χ2v) is 37.2. The number of hydrogen-bond donors (Lipinski definition) is 3. The van der Waals surface area contributed by atoms with Crippen LogP contribution in [0.5, 0.6) is 63.2 Å². The lowest BCUT2D eigenvalue weighted by molar-refractivity contribution is 0.0208. The molecule has 6 atom stereocenters. The molecule has 0 aromatic heterocycles. The van der Waals surface area contributed by atoms with Crippen LogP contribution in [0.2, 0.25) is 0 Å². The Hall–Kier alpha value is -7.74. The number of para-hydroxylation sites is 8. The van der Waals surface area contributed by atoms with Crippen LogP contribution in [-0.2, 0) is 67.6 Å². The Morgan fingerprint density at radius 1 is 0.296 bits per heavy atom. The van der Waals surface area contributed by atoms with Crippen LogP contribution >= 0.6 is 112 Å². The zero-order chi connectivity index (χ0) is 87.4. The summed E-state index contributed by atoms with van der Waals surface area (Å²) in [6, 6.07) is 68.2. The average molecular weight is 2150 g/mol. The summed E-state index contributed by atoms with van der Waals surface area (Å²) in [5, 5.41) is 34.6. The third-order valence-corrected chi connectivity index (χ3v) is 25.3. The van der Waals surface area contributed by atoms with Crippen molar-refractivity contribution in [3.63, 3.8) is 0 Å².